The van der Waals surface area contributed by atoms with Crippen LogP contribution in [-0.2, 0) is 11.0 Å². The fourth-order valence-corrected chi connectivity index (χ4v) is 3.10. The fraction of sp³-hybridized carbons (Fsp3) is 0.100. The van der Waals surface area contributed by atoms with E-state index in [4.69, 9.17) is 17.3 Å². The van der Waals surface area contributed by atoms with Crippen LogP contribution in [0.1, 0.15) is 22.7 Å². The maximum atomic E-state index is 14.3. The minimum absolute atomic E-state index is 0.0190. The number of nitrogens with two attached hydrogens (primary N) is 1. The second kappa shape index (κ2) is 7.59. The summed E-state index contributed by atoms with van der Waals surface area (Å²) >= 11 is 6.05. The Hall–Kier alpha value is -2.93. The van der Waals surface area contributed by atoms with Crippen LogP contribution in [0, 0.1) is 5.82 Å². The highest BCUT2D eigenvalue weighted by Gasteiger charge is 2.30. The van der Waals surface area contributed by atoms with E-state index < -0.39 is 29.4 Å². The highest BCUT2D eigenvalue weighted by Crippen LogP contribution is 2.33. The topological polar surface area (TPSA) is 56.0 Å². The molecule has 0 bridgehead atoms. The number of nitrogens with zero attached hydrogens (tertiary/aromatic N) is 1. The maximum Gasteiger partial charge on any atom is 0.416 e. The first-order valence-electron chi connectivity index (χ1n) is 8.06. The Kier molecular flexibility index (Phi) is 5.38. The molecule has 3 aromatic rings. The van der Waals surface area contributed by atoms with Crippen LogP contribution in [-0.4, -0.2) is 10.9 Å². The molecule has 2 N–H and O–H groups in total. The lowest BCUT2D eigenvalue weighted by Crippen LogP contribution is -2.24. The molecular weight excluding hydrogens is 396 g/mol. The Morgan fingerprint density at radius 1 is 1.00 bits per heavy atom. The van der Waals surface area contributed by atoms with Crippen LogP contribution in [0.5, 0.6) is 0 Å². The van der Waals surface area contributed by atoms with Gasteiger partial charge in [0, 0.05) is 16.1 Å². The van der Waals surface area contributed by atoms with Gasteiger partial charge in [0.1, 0.15) is 11.7 Å². The predicted octanol–water partition coefficient (Wildman–Crippen LogP) is 5.18. The molecule has 0 aliphatic heterocycles. The van der Waals surface area contributed by atoms with Crippen molar-refractivity contribution in [3.05, 3.63) is 88.3 Å². The molecule has 0 aliphatic carbocycles. The second-order valence-corrected chi connectivity index (χ2v) is 6.40. The van der Waals surface area contributed by atoms with Crippen LogP contribution < -0.4 is 5.73 Å². The average molecular weight is 409 g/mol. The first-order valence-corrected chi connectivity index (χ1v) is 8.44. The fourth-order valence-electron chi connectivity index (χ4n) is 2.83. The first-order chi connectivity index (χ1) is 13.2. The van der Waals surface area contributed by atoms with Gasteiger partial charge in [-0.25, -0.2) is 4.39 Å². The maximum absolute atomic E-state index is 14.3. The Bertz CT molecular complexity index is 999. The zero-order valence-electron chi connectivity index (χ0n) is 14.2. The molecule has 28 heavy (non-hydrogen) atoms. The first kappa shape index (κ1) is 19.8. The average Bonchev–Trinajstić information content (AvgIpc) is 2.64. The van der Waals surface area contributed by atoms with Crippen molar-refractivity contribution >= 4 is 17.5 Å². The SMILES string of the molecule is NC(=O)C(c1cccc(-c2ccc(C(F)(F)F)cc2)n1)c1c(F)cccc1Cl. The van der Waals surface area contributed by atoms with Gasteiger partial charge in [-0.1, -0.05) is 35.9 Å². The van der Waals surface area contributed by atoms with Crippen LogP contribution in [0.25, 0.3) is 11.3 Å². The summed E-state index contributed by atoms with van der Waals surface area (Å²) < 4.78 is 52.5. The molecule has 3 nitrogen and oxygen atoms in total. The number of halogens is 5. The van der Waals surface area contributed by atoms with Crippen LogP contribution in [0.15, 0.2) is 60.7 Å². The largest absolute Gasteiger partial charge is 0.416 e. The van der Waals surface area contributed by atoms with Gasteiger partial charge < -0.3 is 5.73 Å². The van der Waals surface area contributed by atoms with E-state index in [2.05, 4.69) is 4.98 Å². The molecule has 0 saturated carbocycles. The van der Waals surface area contributed by atoms with Crippen LogP contribution in [0.4, 0.5) is 17.6 Å². The molecule has 2 aromatic carbocycles. The van der Waals surface area contributed by atoms with E-state index in [0.717, 1.165) is 18.2 Å². The van der Waals surface area contributed by atoms with Crippen molar-refractivity contribution < 1.29 is 22.4 Å². The van der Waals surface area contributed by atoms with Gasteiger partial charge in [-0.2, -0.15) is 13.2 Å². The molecule has 1 heterocycles. The number of alkyl halides is 3. The Morgan fingerprint density at radius 3 is 2.21 bits per heavy atom. The molecule has 0 fully saturated rings. The molecule has 3 rings (SSSR count). The lowest BCUT2D eigenvalue weighted by molar-refractivity contribution is -0.137. The number of carbonyl (C=O) groups is 1. The van der Waals surface area contributed by atoms with Gasteiger partial charge in [0.05, 0.1) is 17.0 Å². The molecule has 0 saturated heterocycles. The highest BCUT2D eigenvalue weighted by atomic mass is 35.5. The normalized spacial score (nSPS) is 12.6. The van der Waals surface area contributed by atoms with E-state index in [1.165, 1.54) is 30.3 Å². The number of primary amides is 1. The number of amides is 1. The molecular formula is C20H13ClF4N2O. The van der Waals surface area contributed by atoms with Gasteiger partial charge in [0.2, 0.25) is 5.91 Å². The van der Waals surface area contributed by atoms with Gasteiger partial charge in [-0.15, -0.1) is 0 Å². The van der Waals surface area contributed by atoms with Crippen molar-refractivity contribution in [1.82, 2.24) is 4.98 Å². The monoisotopic (exact) mass is 408 g/mol. The van der Waals surface area contributed by atoms with Crippen molar-refractivity contribution in [2.45, 2.75) is 12.1 Å². The molecule has 8 heteroatoms. The summed E-state index contributed by atoms with van der Waals surface area (Å²) in [6.45, 7) is 0. The van der Waals surface area contributed by atoms with E-state index in [1.807, 2.05) is 0 Å². The lowest BCUT2D eigenvalue weighted by Gasteiger charge is -2.17. The molecule has 0 radical (unpaired) electrons. The molecule has 0 aliphatic rings. The zero-order valence-corrected chi connectivity index (χ0v) is 14.9. The Labute approximate surface area is 162 Å². The third-order valence-electron chi connectivity index (χ3n) is 4.15. The van der Waals surface area contributed by atoms with Crippen LogP contribution >= 0.6 is 11.6 Å². The summed E-state index contributed by atoms with van der Waals surface area (Å²) in [5.41, 5.74) is 5.42. The number of carbonyl (C=O) groups excluding carboxylic acids is 1. The van der Waals surface area contributed by atoms with Gasteiger partial charge in [0.25, 0.3) is 0 Å². The summed E-state index contributed by atoms with van der Waals surface area (Å²) in [5.74, 6) is -2.81. The van der Waals surface area contributed by atoms with Crippen molar-refractivity contribution in [2.75, 3.05) is 0 Å². The van der Waals surface area contributed by atoms with Gasteiger partial charge in [0.15, 0.2) is 0 Å². The third-order valence-corrected chi connectivity index (χ3v) is 4.48. The van der Waals surface area contributed by atoms with Crippen molar-refractivity contribution in [3.8, 4) is 11.3 Å². The van der Waals surface area contributed by atoms with Gasteiger partial charge in [-0.3, -0.25) is 9.78 Å². The Morgan fingerprint density at radius 2 is 1.64 bits per heavy atom. The standard InChI is InChI=1S/C20H13ClF4N2O/c21-13-3-1-4-14(22)17(13)18(19(26)28)16-6-2-5-15(27-16)11-7-9-12(10-8-11)20(23,24)25/h1-10,18H,(H2,26,28). The predicted molar refractivity (Wildman–Crippen MR) is 97.1 cm³/mol. The summed E-state index contributed by atoms with van der Waals surface area (Å²) in [6, 6.07) is 13.0. The van der Waals surface area contributed by atoms with Crippen LogP contribution in [0.2, 0.25) is 5.02 Å². The van der Waals surface area contributed by atoms with Crippen molar-refractivity contribution in [3.63, 3.8) is 0 Å². The minimum atomic E-state index is -4.45. The van der Waals surface area contributed by atoms with Crippen molar-refractivity contribution in [1.29, 1.82) is 0 Å². The van der Waals surface area contributed by atoms with Gasteiger partial charge >= 0.3 is 6.18 Å². The van der Waals surface area contributed by atoms with Crippen molar-refractivity contribution in [2.24, 2.45) is 5.73 Å². The number of aromatic nitrogens is 1. The highest BCUT2D eigenvalue weighted by molar-refractivity contribution is 6.31. The molecule has 1 aromatic heterocycles. The number of rotatable bonds is 4. The summed E-state index contributed by atoms with van der Waals surface area (Å²) in [7, 11) is 0. The van der Waals surface area contributed by atoms with E-state index in [0.29, 0.717) is 11.3 Å². The van der Waals surface area contributed by atoms with E-state index >= 15 is 0 Å². The smallest absolute Gasteiger partial charge is 0.369 e. The minimum Gasteiger partial charge on any atom is -0.369 e. The molecule has 1 amide bonds. The quantitative estimate of drug-likeness (QED) is 0.605. The molecule has 144 valence electrons. The number of benzene rings is 2. The zero-order chi connectivity index (χ0) is 20.5. The van der Waals surface area contributed by atoms with Gasteiger partial charge in [-0.05, 0) is 36.4 Å². The summed E-state index contributed by atoms with van der Waals surface area (Å²) in [6.07, 6.45) is -4.45. The van der Waals surface area contributed by atoms with E-state index in [-0.39, 0.29) is 16.3 Å². The third kappa shape index (κ3) is 3.99. The molecule has 1 unspecified atom stereocenters. The molecule has 1 atom stereocenters. The number of hydrogen-bond acceptors (Lipinski definition) is 2. The lowest BCUT2D eigenvalue weighted by atomic mass is 9.93. The number of hydrogen-bond donors (Lipinski definition) is 1. The van der Waals surface area contributed by atoms with Crippen LogP contribution in [0.3, 0.4) is 0 Å². The van der Waals surface area contributed by atoms with E-state index in [1.54, 1.807) is 12.1 Å². The Balaban J connectivity index is 2.05. The summed E-state index contributed by atoms with van der Waals surface area (Å²) in [4.78, 5) is 16.3. The second-order valence-electron chi connectivity index (χ2n) is 5.99. The number of pyridine rings is 1. The molecule has 0 spiro atoms. The van der Waals surface area contributed by atoms with E-state index in [9.17, 15) is 22.4 Å². The summed E-state index contributed by atoms with van der Waals surface area (Å²) in [5, 5.41) is 0.0190.